The molecule has 2 aliphatic rings. The van der Waals surface area contributed by atoms with Crippen LogP contribution < -0.4 is 0 Å². The summed E-state index contributed by atoms with van der Waals surface area (Å²) >= 11 is 0. The lowest BCUT2D eigenvalue weighted by Gasteiger charge is -2.24. The minimum atomic E-state index is -0.262. The van der Waals surface area contributed by atoms with E-state index in [1.54, 1.807) is 0 Å². The first-order chi connectivity index (χ1) is 9.58. The van der Waals surface area contributed by atoms with E-state index in [2.05, 4.69) is 11.8 Å². The van der Waals surface area contributed by atoms with Crippen LogP contribution in [0.15, 0.2) is 11.1 Å². The van der Waals surface area contributed by atoms with Gasteiger partial charge in [0.25, 0.3) is 0 Å². The number of ketones is 1. The Morgan fingerprint density at radius 3 is 2.75 bits per heavy atom. The molecular formula is C16H25NO3. The van der Waals surface area contributed by atoms with Crippen molar-refractivity contribution in [3.05, 3.63) is 11.1 Å². The van der Waals surface area contributed by atoms with Crippen molar-refractivity contribution in [2.75, 3.05) is 19.7 Å². The predicted octanol–water partition coefficient (Wildman–Crippen LogP) is 2.33. The van der Waals surface area contributed by atoms with E-state index >= 15 is 0 Å². The van der Waals surface area contributed by atoms with Crippen LogP contribution in [0.2, 0.25) is 0 Å². The van der Waals surface area contributed by atoms with Crippen molar-refractivity contribution < 1.29 is 14.3 Å². The molecule has 1 heterocycles. The lowest BCUT2D eigenvalue weighted by atomic mass is 9.96. The average molecular weight is 279 g/mol. The van der Waals surface area contributed by atoms with E-state index in [0.717, 1.165) is 37.8 Å². The van der Waals surface area contributed by atoms with E-state index in [4.69, 9.17) is 4.74 Å². The summed E-state index contributed by atoms with van der Waals surface area (Å²) in [5.41, 5.74) is 2.23. The zero-order valence-corrected chi connectivity index (χ0v) is 12.8. The Labute approximate surface area is 121 Å². The number of Topliss-reactive ketones (excluding diaryl/α,β-unsaturated/α-hetero) is 1. The van der Waals surface area contributed by atoms with Crippen LogP contribution >= 0.6 is 0 Å². The fourth-order valence-electron chi connectivity index (χ4n) is 3.16. The SMILES string of the molecule is CCCCC1CC2=C(CN([C@@H](C)C(=O)OCC)C2)C1=O. The molecule has 0 N–H and O–H groups in total. The zero-order valence-electron chi connectivity index (χ0n) is 12.8. The predicted molar refractivity (Wildman–Crippen MR) is 77.3 cm³/mol. The van der Waals surface area contributed by atoms with E-state index in [0.29, 0.717) is 18.9 Å². The third-order valence-corrected chi connectivity index (χ3v) is 4.42. The number of ether oxygens (including phenoxy) is 1. The minimum absolute atomic E-state index is 0.191. The normalized spacial score (nSPS) is 24.1. The number of carbonyl (C=O) groups is 2. The van der Waals surface area contributed by atoms with Gasteiger partial charge in [0.2, 0.25) is 0 Å². The van der Waals surface area contributed by atoms with Crippen LogP contribution in [0.5, 0.6) is 0 Å². The highest BCUT2D eigenvalue weighted by Crippen LogP contribution is 2.37. The summed E-state index contributed by atoms with van der Waals surface area (Å²) in [4.78, 5) is 26.2. The third kappa shape index (κ3) is 2.95. The van der Waals surface area contributed by atoms with Gasteiger partial charge in [0, 0.05) is 24.6 Å². The van der Waals surface area contributed by atoms with Crippen LogP contribution in [0.25, 0.3) is 0 Å². The maximum absolute atomic E-state index is 12.4. The highest BCUT2D eigenvalue weighted by Gasteiger charge is 2.40. The van der Waals surface area contributed by atoms with Crippen LogP contribution in [0.3, 0.4) is 0 Å². The molecule has 4 nitrogen and oxygen atoms in total. The summed E-state index contributed by atoms with van der Waals surface area (Å²) in [5.74, 6) is 0.343. The Kier molecular flexibility index (Phi) is 4.97. The second-order valence-electron chi connectivity index (χ2n) is 5.82. The molecule has 0 bridgehead atoms. The van der Waals surface area contributed by atoms with Gasteiger partial charge in [0.1, 0.15) is 6.04 Å². The number of hydrogen-bond acceptors (Lipinski definition) is 4. The number of carbonyl (C=O) groups excluding carboxylic acids is 2. The maximum Gasteiger partial charge on any atom is 0.323 e. The number of hydrogen-bond donors (Lipinski definition) is 0. The molecule has 0 aromatic rings. The van der Waals surface area contributed by atoms with Crippen molar-refractivity contribution in [3.8, 4) is 0 Å². The van der Waals surface area contributed by atoms with Gasteiger partial charge in [-0.2, -0.15) is 0 Å². The lowest BCUT2D eigenvalue weighted by molar-refractivity contribution is -0.148. The molecule has 0 fully saturated rings. The molecule has 112 valence electrons. The molecule has 0 saturated carbocycles. The quantitative estimate of drug-likeness (QED) is 0.700. The van der Waals surface area contributed by atoms with E-state index in [-0.39, 0.29) is 17.9 Å². The summed E-state index contributed by atoms with van der Waals surface area (Å²) in [7, 11) is 0. The smallest absolute Gasteiger partial charge is 0.323 e. The van der Waals surface area contributed by atoms with Crippen molar-refractivity contribution in [2.24, 2.45) is 5.92 Å². The molecule has 0 spiro atoms. The first-order valence-corrected chi connectivity index (χ1v) is 7.74. The highest BCUT2D eigenvalue weighted by atomic mass is 16.5. The van der Waals surface area contributed by atoms with Crippen LogP contribution in [-0.4, -0.2) is 42.4 Å². The van der Waals surface area contributed by atoms with E-state index in [1.807, 2.05) is 13.8 Å². The van der Waals surface area contributed by atoms with Crippen LogP contribution in [0.4, 0.5) is 0 Å². The molecule has 1 aliphatic heterocycles. The van der Waals surface area contributed by atoms with Gasteiger partial charge in [-0.15, -0.1) is 0 Å². The first-order valence-electron chi connectivity index (χ1n) is 7.74. The molecule has 0 aromatic heterocycles. The Morgan fingerprint density at radius 1 is 1.40 bits per heavy atom. The van der Waals surface area contributed by atoms with Gasteiger partial charge in [-0.3, -0.25) is 14.5 Å². The number of likely N-dealkylation sites (tertiary alicyclic amines) is 1. The molecule has 20 heavy (non-hydrogen) atoms. The monoisotopic (exact) mass is 279 g/mol. The summed E-state index contributed by atoms with van der Waals surface area (Å²) in [6.45, 7) is 7.61. The van der Waals surface area contributed by atoms with Crippen molar-refractivity contribution in [2.45, 2.75) is 52.5 Å². The molecule has 0 aromatic carbocycles. The zero-order chi connectivity index (χ0) is 14.7. The molecule has 0 saturated heterocycles. The summed E-state index contributed by atoms with van der Waals surface area (Å²) in [6.07, 6.45) is 4.18. The topological polar surface area (TPSA) is 46.6 Å². The Bertz CT molecular complexity index is 427. The number of esters is 1. The second kappa shape index (κ2) is 6.53. The van der Waals surface area contributed by atoms with Crippen LogP contribution in [0, 0.1) is 5.92 Å². The van der Waals surface area contributed by atoms with Gasteiger partial charge in [-0.1, -0.05) is 19.8 Å². The molecule has 4 heteroatoms. The van der Waals surface area contributed by atoms with Gasteiger partial charge in [-0.25, -0.2) is 0 Å². The molecule has 0 radical (unpaired) electrons. The lowest BCUT2D eigenvalue weighted by Crippen LogP contribution is -2.40. The van der Waals surface area contributed by atoms with Crippen molar-refractivity contribution in [1.29, 1.82) is 0 Å². The van der Waals surface area contributed by atoms with Crippen molar-refractivity contribution in [1.82, 2.24) is 4.90 Å². The molecule has 2 rings (SSSR count). The average Bonchev–Trinajstić information content (AvgIpc) is 2.96. The van der Waals surface area contributed by atoms with Crippen molar-refractivity contribution in [3.63, 3.8) is 0 Å². The standard InChI is InChI=1S/C16H25NO3/c1-4-6-7-12-8-13-9-17(10-14(13)15(12)18)11(3)16(19)20-5-2/h11-12H,4-10H2,1-3H3/t11-,12?/m0/s1. The van der Waals surface area contributed by atoms with Crippen LogP contribution in [0.1, 0.15) is 46.5 Å². The minimum Gasteiger partial charge on any atom is -0.465 e. The molecule has 1 aliphatic carbocycles. The molecule has 0 amide bonds. The van der Waals surface area contributed by atoms with Gasteiger partial charge in [0.15, 0.2) is 5.78 Å². The van der Waals surface area contributed by atoms with Crippen molar-refractivity contribution >= 4 is 11.8 Å². The number of unbranched alkanes of at least 4 members (excludes halogenated alkanes) is 1. The van der Waals surface area contributed by atoms with Gasteiger partial charge in [0.05, 0.1) is 6.61 Å². The highest BCUT2D eigenvalue weighted by molar-refractivity contribution is 6.01. The second-order valence-corrected chi connectivity index (χ2v) is 5.82. The fourth-order valence-corrected chi connectivity index (χ4v) is 3.16. The molecule has 1 unspecified atom stereocenters. The first kappa shape index (κ1) is 15.2. The Balaban J connectivity index is 1.91. The largest absolute Gasteiger partial charge is 0.465 e. The fraction of sp³-hybridized carbons (Fsp3) is 0.750. The van der Waals surface area contributed by atoms with Gasteiger partial charge < -0.3 is 4.74 Å². The third-order valence-electron chi connectivity index (χ3n) is 4.42. The number of nitrogens with zero attached hydrogens (tertiary/aromatic N) is 1. The molecular weight excluding hydrogens is 254 g/mol. The maximum atomic E-state index is 12.4. The van der Waals surface area contributed by atoms with E-state index < -0.39 is 0 Å². The molecule has 2 atom stereocenters. The van der Waals surface area contributed by atoms with E-state index in [9.17, 15) is 9.59 Å². The summed E-state index contributed by atoms with van der Waals surface area (Å²) < 4.78 is 5.06. The number of rotatable bonds is 6. The Morgan fingerprint density at radius 2 is 2.15 bits per heavy atom. The van der Waals surface area contributed by atoms with E-state index in [1.165, 1.54) is 5.57 Å². The Hall–Kier alpha value is -1.16. The summed E-state index contributed by atoms with van der Waals surface area (Å²) in [5, 5.41) is 0. The van der Waals surface area contributed by atoms with Gasteiger partial charge >= 0.3 is 5.97 Å². The summed E-state index contributed by atoms with van der Waals surface area (Å²) in [6, 6.07) is -0.262. The van der Waals surface area contributed by atoms with Crippen LogP contribution in [-0.2, 0) is 14.3 Å². The van der Waals surface area contributed by atoms with Gasteiger partial charge in [-0.05, 0) is 32.3 Å².